The number of methoxy groups -OCH3 is 2. The molecule has 1 saturated heterocycles. The number of carbonyl (C=O) groups is 4. The molecule has 2 aromatic rings. The van der Waals surface area contributed by atoms with Gasteiger partial charge < -0.3 is 24.8 Å². The molecule has 0 bridgehead atoms. The molecule has 10 nitrogen and oxygen atoms in total. The van der Waals surface area contributed by atoms with Crippen LogP contribution in [0.1, 0.15) is 87.0 Å². The number of nitrogens with one attached hydrogen (secondary N) is 3. The molecule has 0 aromatic carbocycles. The Balaban J connectivity index is 1.85. The van der Waals surface area contributed by atoms with E-state index in [0.29, 0.717) is 37.0 Å². The zero-order valence-corrected chi connectivity index (χ0v) is 27.7. The Morgan fingerprint density at radius 2 is 1.53 bits per heavy atom. The van der Waals surface area contributed by atoms with Crippen molar-refractivity contribution in [3.63, 3.8) is 0 Å². The molecule has 3 N–H and O–H groups in total. The van der Waals surface area contributed by atoms with E-state index in [9.17, 15) is 19.2 Å². The topological polar surface area (TPSA) is 143 Å². The molecule has 4 heterocycles. The lowest BCUT2D eigenvalue weighted by molar-refractivity contribution is -0.141. The lowest BCUT2D eigenvalue weighted by Crippen LogP contribution is -2.31. The number of hydrogen-bond donors (Lipinski definition) is 3. The van der Waals surface area contributed by atoms with Gasteiger partial charge in [0.15, 0.2) is 0 Å². The summed E-state index contributed by atoms with van der Waals surface area (Å²) in [5, 5.41) is 4.80. The molecule has 242 valence electrons. The van der Waals surface area contributed by atoms with Crippen molar-refractivity contribution in [1.82, 2.24) is 15.3 Å². The lowest BCUT2D eigenvalue weighted by Gasteiger charge is -2.19. The van der Waals surface area contributed by atoms with Gasteiger partial charge in [0, 0.05) is 58.9 Å². The maximum Gasteiger partial charge on any atom is 0.305 e. The fraction of sp³-hybridized carbons (Fsp3) is 0.514. The molecular weight excluding hydrogens is 572 g/mol. The van der Waals surface area contributed by atoms with Crippen molar-refractivity contribution in [3.05, 3.63) is 55.5 Å². The van der Waals surface area contributed by atoms with Gasteiger partial charge in [0.1, 0.15) is 0 Å². The van der Waals surface area contributed by atoms with Crippen molar-refractivity contribution in [2.24, 2.45) is 16.8 Å². The summed E-state index contributed by atoms with van der Waals surface area (Å²) >= 11 is 0. The molecule has 0 radical (unpaired) electrons. The highest BCUT2D eigenvalue weighted by Gasteiger charge is 2.38. The monoisotopic (exact) mass is 618 g/mol. The predicted molar refractivity (Wildman–Crippen MR) is 173 cm³/mol. The molecule has 2 aliphatic heterocycles. The number of aromatic nitrogens is 2. The van der Waals surface area contributed by atoms with Crippen LogP contribution in [0.5, 0.6) is 0 Å². The van der Waals surface area contributed by atoms with Crippen LogP contribution in [-0.4, -0.2) is 59.7 Å². The number of carbonyl (C=O) groups excluding carboxylic acids is 4. The second kappa shape index (κ2) is 14.3. The fourth-order valence-electron chi connectivity index (χ4n) is 6.75. The molecule has 0 saturated carbocycles. The van der Waals surface area contributed by atoms with Crippen LogP contribution in [0.3, 0.4) is 0 Å². The Morgan fingerprint density at radius 1 is 0.889 bits per heavy atom. The molecule has 0 aliphatic carbocycles. The first-order valence-corrected chi connectivity index (χ1v) is 15.8. The lowest BCUT2D eigenvalue weighted by atomic mass is 9.87. The summed E-state index contributed by atoms with van der Waals surface area (Å²) in [6, 6.07) is 0.0138. The van der Waals surface area contributed by atoms with E-state index in [-0.39, 0.29) is 54.5 Å². The zero-order chi connectivity index (χ0) is 33.0. The van der Waals surface area contributed by atoms with E-state index in [4.69, 9.17) is 9.47 Å². The molecule has 10 heteroatoms. The largest absolute Gasteiger partial charge is 0.469 e. The van der Waals surface area contributed by atoms with E-state index in [2.05, 4.69) is 27.2 Å². The van der Waals surface area contributed by atoms with Crippen molar-refractivity contribution < 1.29 is 28.7 Å². The Hall–Kier alpha value is -4.21. The van der Waals surface area contributed by atoms with Crippen LogP contribution >= 0.6 is 0 Å². The number of esters is 2. The third kappa shape index (κ3) is 7.05. The van der Waals surface area contributed by atoms with Crippen molar-refractivity contribution in [2.75, 3.05) is 14.2 Å². The summed E-state index contributed by atoms with van der Waals surface area (Å²) in [5.41, 5.74) is 8.03. The van der Waals surface area contributed by atoms with Gasteiger partial charge in [-0.15, -0.1) is 0 Å². The Bertz CT molecular complexity index is 1690. The summed E-state index contributed by atoms with van der Waals surface area (Å²) < 4.78 is 9.86. The quantitative estimate of drug-likeness (QED) is 0.312. The highest BCUT2D eigenvalue weighted by molar-refractivity contribution is 6.30. The van der Waals surface area contributed by atoms with E-state index in [0.717, 1.165) is 56.3 Å². The number of aromatic amines is 2. The summed E-state index contributed by atoms with van der Waals surface area (Å²) in [6.07, 6.45) is 7.52. The zero-order valence-electron chi connectivity index (χ0n) is 27.7. The van der Waals surface area contributed by atoms with Crippen LogP contribution in [0.15, 0.2) is 16.1 Å². The average Bonchev–Trinajstić information content (AvgIpc) is 3.67. The van der Waals surface area contributed by atoms with Gasteiger partial charge in [-0.05, 0) is 85.9 Å². The standard InChI is InChI=1S/C35H46N4O6/c1-9-22-20(5)34(42)38-28(22)15-26-18(3)24(11-13-32(40)44-7)30(36-26)17-31-25(12-14-33(41)45-8)19(4)27(37-31)16-29-23(10-2)21(6)35(43)39-29/h15,17,21,23,29,36-37H,9-14,16H2,1-8H3,(H,39,43)/b26-15+,30-17-/t21-,23-,29-/m1/s1. The van der Waals surface area contributed by atoms with Crippen LogP contribution in [-0.2, 0) is 47.9 Å². The minimum Gasteiger partial charge on any atom is -0.469 e. The van der Waals surface area contributed by atoms with E-state index in [1.54, 1.807) is 6.92 Å². The molecule has 1 fully saturated rings. The van der Waals surface area contributed by atoms with Crippen molar-refractivity contribution in [1.29, 1.82) is 0 Å². The normalized spacial score (nSPS) is 20.7. The minimum atomic E-state index is -0.306. The van der Waals surface area contributed by atoms with Gasteiger partial charge in [-0.3, -0.25) is 19.2 Å². The summed E-state index contributed by atoms with van der Waals surface area (Å²) in [7, 11) is 2.76. The number of ether oxygens (including phenoxy) is 2. The third-order valence-electron chi connectivity index (χ3n) is 9.60. The molecule has 4 rings (SSSR count). The molecular formula is C35H46N4O6. The number of rotatable bonds is 12. The van der Waals surface area contributed by atoms with Crippen molar-refractivity contribution in [3.8, 4) is 0 Å². The maximum atomic E-state index is 12.5. The van der Waals surface area contributed by atoms with E-state index in [1.165, 1.54) is 14.2 Å². The van der Waals surface area contributed by atoms with Gasteiger partial charge >= 0.3 is 11.9 Å². The molecule has 0 unspecified atom stereocenters. The number of H-pyrrole nitrogens is 2. The molecule has 45 heavy (non-hydrogen) atoms. The number of nitrogens with zero attached hydrogens (tertiary/aromatic N) is 1. The highest BCUT2D eigenvalue weighted by Crippen LogP contribution is 2.30. The molecule has 2 aromatic heterocycles. The first-order valence-electron chi connectivity index (χ1n) is 15.8. The SMILES string of the molecule is CCC1=C(C)C(=O)N=C1/C=c1/[nH]/c(=C\c2[nH]c(C[C@H]3NC(=O)[C@H](C)[C@H]3CC)c(C)c2CCC(=O)OC)c(CCC(=O)OC)c1C. The van der Waals surface area contributed by atoms with Gasteiger partial charge in [0.2, 0.25) is 5.91 Å². The van der Waals surface area contributed by atoms with Gasteiger partial charge in [-0.1, -0.05) is 27.2 Å². The summed E-state index contributed by atoms with van der Waals surface area (Å²) in [4.78, 5) is 60.6. The van der Waals surface area contributed by atoms with Crippen molar-refractivity contribution in [2.45, 2.75) is 92.5 Å². The smallest absolute Gasteiger partial charge is 0.305 e. The van der Waals surface area contributed by atoms with Crippen LogP contribution in [0.25, 0.3) is 12.2 Å². The Morgan fingerprint density at radius 3 is 2.13 bits per heavy atom. The highest BCUT2D eigenvalue weighted by atomic mass is 16.5. The van der Waals surface area contributed by atoms with E-state index >= 15 is 0 Å². The first kappa shape index (κ1) is 33.7. The number of allylic oxidation sites excluding steroid dienone is 1. The minimum absolute atomic E-state index is 0.0138. The number of hydrogen-bond acceptors (Lipinski definition) is 6. The van der Waals surface area contributed by atoms with Crippen LogP contribution in [0.4, 0.5) is 0 Å². The molecule has 3 atom stereocenters. The summed E-state index contributed by atoms with van der Waals surface area (Å²) in [5.74, 6) is -0.543. The fourth-order valence-corrected chi connectivity index (χ4v) is 6.75. The second-order valence-corrected chi connectivity index (χ2v) is 12.1. The second-order valence-electron chi connectivity index (χ2n) is 12.1. The van der Waals surface area contributed by atoms with E-state index in [1.807, 2.05) is 39.8 Å². The Labute approximate surface area is 264 Å². The summed E-state index contributed by atoms with van der Waals surface area (Å²) in [6.45, 7) is 11.9. The van der Waals surface area contributed by atoms with Crippen molar-refractivity contribution >= 4 is 41.6 Å². The van der Waals surface area contributed by atoms with Crippen LogP contribution in [0.2, 0.25) is 0 Å². The van der Waals surface area contributed by atoms with Crippen LogP contribution in [0, 0.1) is 25.7 Å². The number of aliphatic imine (C=N–C) groups is 1. The van der Waals surface area contributed by atoms with Gasteiger partial charge in [-0.25, -0.2) is 4.99 Å². The number of amides is 2. The van der Waals surface area contributed by atoms with Gasteiger partial charge in [0.25, 0.3) is 5.91 Å². The third-order valence-corrected chi connectivity index (χ3v) is 9.60. The first-order chi connectivity index (χ1) is 21.4. The van der Waals surface area contributed by atoms with E-state index < -0.39 is 0 Å². The molecule has 2 amide bonds. The Kier molecular flexibility index (Phi) is 10.7. The van der Waals surface area contributed by atoms with Gasteiger partial charge in [0.05, 0.1) is 19.9 Å². The average molecular weight is 619 g/mol. The molecule has 2 aliphatic rings. The maximum absolute atomic E-state index is 12.5. The predicted octanol–water partition coefficient (Wildman–Crippen LogP) is 3.19. The molecule has 0 spiro atoms. The van der Waals surface area contributed by atoms with Gasteiger partial charge in [-0.2, -0.15) is 0 Å². The van der Waals surface area contributed by atoms with Crippen LogP contribution < -0.4 is 16.0 Å².